The fraction of sp³-hybridized carbons (Fsp3) is 0.455. The van der Waals surface area contributed by atoms with Gasteiger partial charge in [-0.05, 0) is 19.4 Å². The molecule has 0 saturated heterocycles. The first-order valence-corrected chi connectivity index (χ1v) is 6.30. The Balaban J connectivity index is 2.03. The second kappa shape index (κ2) is 3.68. The summed E-state index contributed by atoms with van der Waals surface area (Å²) in [7, 11) is 1.98. The van der Waals surface area contributed by atoms with E-state index in [0.717, 1.165) is 24.4 Å². The molecule has 1 aliphatic heterocycles. The number of rotatable bonds is 1. The molecule has 0 bridgehead atoms. The summed E-state index contributed by atoms with van der Waals surface area (Å²) in [6.45, 7) is 3.08. The summed E-state index contributed by atoms with van der Waals surface area (Å²) in [5.74, 6) is 0. The Labute approximate surface area is 98.3 Å². The molecule has 1 aliphatic rings. The molecule has 2 aromatic heterocycles. The van der Waals surface area contributed by atoms with Crippen molar-refractivity contribution in [1.29, 1.82) is 0 Å². The molecule has 0 fully saturated rings. The largest absolute Gasteiger partial charge is 0.303 e. The predicted molar refractivity (Wildman–Crippen MR) is 63.6 cm³/mol. The summed E-state index contributed by atoms with van der Waals surface area (Å²) < 4.78 is 1.91. The Hall–Kier alpha value is -1.20. The van der Waals surface area contributed by atoms with Gasteiger partial charge in [0.2, 0.25) is 0 Å². The van der Waals surface area contributed by atoms with Crippen LogP contribution in [0, 0.1) is 6.92 Å². The molecule has 0 aromatic carbocycles. The zero-order valence-electron chi connectivity index (χ0n) is 9.40. The van der Waals surface area contributed by atoms with Crippen molar-refractivity contribution >= 4 is 11.3 Å². The standard InChI is InChI=1S/C11H14N4S/c1-7-5-8(14-15(7)2)10-11-9(3-4-12-10)16-6-13-11/h5-6,10,12H,3-4H2,1-2H3. The number of nitrogens with zero attached hydrogens (tertiary/aromatic N) is 3. The number of hydrogen-bond acceptors (Lipinski definition) is 4. The van der Waals surface area contributed by atoms with Crippen LogP contribution in [-0.4, -0.2) is 21.3 Å². The minimum Gasteiger partial charge on any atom is -0.303 e. The fourth-order valence-electron chi connectivity index (χ4n) is 2.10. The Morgan fingerprint density at radius 1 is 1.56 bits per heavy atom. The number of aromatic nitrogens is 3. The quantitative estimate of drug-likeness (QED) is 0.811. The van der Waals surface area contributed by atoms with Gasteiger partial charge in [-0.3, -0.25) is 4.68 Å². The fourth-order valence-corrected chi connectivity index (χ4v) is 2.91. The average Bonchev–Trinajstić information content (AvgIpc) is 2.85. The zero-order chi connectivity index (χ0) is 11.1. The average molecular weight is 234 g/mol. The highest BCUT2D eigenvalue weighted by molar-refractivity contribution is 7.09. The van der Waals surface area contributed by atoms with Crippen molar-refractivity contribution in [2.75, 3.05) is 6.54 Å². The maximum atomic E-state index is 4.53. The monoisotopic (exact) mass is 234 g/mol. The Morgan fingerprint density at radius 2 is 2.44 bits per heavy atom. The number of thiazole rings is 1. The van der Waals surface area contributed by atoms with Crippen LogP contribution in [0.25, 0.3) is 0 Å². The van der Waals surface area contributed by atoms with Gasteiger partial charge in [-0.1, -0.05) is 0 Å². The van der Waals surface area contributed by atoms with Crippen LogP contribution in [-0.2, 0) is 13.5 Å². The zero-order valence-corrected chi connectivity index (χ0v) is 10.2. The summed E-state index contributed by atoms with van der Waals surface area (Å²) in [6, 6.07) is 2.31. The SMILES string of the molecule is Cc1cc(C2NCCc3scnc32)nn1C. The van der Waals surface area contributed by atoms with Gasteiger partial charge in [-0.2, -0.15) is 5.10 Å². The second-order valence-corrected chi connectivity index (χ2v) is 5.07. The van der Waals surface area contributed by atoms with Crippen LogP contribution in [0.4, 0.5) is 0 Å². The van der Waals surface area contributed by atoms with Crippen molar-refractivity contribution in [1.82, 2.24) is 20.1 Å². The molecule has 0 amide bonds. The Morgan fingerprint density at radius 3 is 3.19 bits per heavy atom. The molecule has 0 saturated carbocycles. The summed E-state index contributed by atoms with van der Waals surface area (Å²) in [6.07, 6.45) is 1.09. The van der Waals surface area contributed by atoms with E-state index in [4.69, 9.17) is 0 Å². The van der Waals surface area contributed by atoms with E-state index in [2.05, 4.69) is 28.4 Å². The third kappa shape index (κ3) is 1.47. The third-order valence-electron chi connectivity index (χ3n) is 3.07. The maximum Gasteiger partial charge on any atom is 0.0955 e. The van der Waals surface area contributed by atoms with Gasteiger partial charge in [0.15, 0.2) is 0 Å². The second-order valence-electron chi connectivity index (χ2n) is 4.13. The van der Waals surface area contributed by atoms with E-state index >= 15 is 0 Å². The van der Waals surface area contributed by atoms with Crippen LogP contribution in [0.1, 0.15) is 28.0 Å². The smallest absolute Gasteiger partial charge is 0.0955 e. The van der Waals surface area contributed by atoms with E-state index in [-0.39, 0.29) is 6.04 Å². The van der Waals surface area contributed by atoms with Crippen LogP contribution in [0.2, 0.25) is 0 Å². The molecular weight excluding hydrogens is 220 g/mol. The van der Waals surface area contributed by atoms with Crippen molar-refractivity contribution in [2.45, 2.75) is 19.4 Å². The molecule has 1 unspecified atom stereocenters. The molecule has 0 spiro atoms. The normalized spacial score (nSPS) is 19.8. The van der Waals surface area contributed by atoms with Gasteiger partial charge in [-0.15, -0.1) is 11.3 Å². The van der Waals surface area contributed by atoms with Crippen LogP contribution in [0.3, 0.4) is 0 Å². The van der Waals surface area contributed by atoms with Gasteiger partial charge in [-0.25, -0.2) is 4.98 Å². The molecule has 5 heteroatoms. The first-order chi connectivity index (χ1) is 7.75. The molecular formula is C11H14N4S. The molecule has 4 nitrogen and oxygen atoms in total. The predicted octanol–water partition coefficient (Wildman–Crippen LogP) is 1.42. The van der Waals surface area contributed by atoms with Crippen molar-refractivity contribution in [3.8, 4) is 0 Å². The van der Waals surface area contributed by atoms with Gasteiger partial charge < -0.3 is 5.32 Å². The molecule has 16 heavy (non-hydrogen) atoms. The molecule has 84 valence electrons. The van der Waals surface area contributed by atoms with Crippen molar-refractivity contribution in [3.05, 3.63) is 33.5 Å². The Bertz CT molecular complexity index is 494. The molecule has 3 rings (SSSR count). The highest BCUT2D eigenvalue weighted by Crippen LogP contribution is 2.29. The van der Waals surface area contributed by atoms with Crippen LogP contribution in [0.15, 0.2) is 11.6 Å². The first kappa shape index (κ1) is 9.99. The summed E-state index contributed by atoms with van der Waals surface area (Å²) in [5, 5.41) is 8.02. The van der Waals surface area contributed by atoms with Crippen molar-refractivity contribution < 1.29 is 0 Å². The lowest BCUT2D eigenvalue weighted by Gasteiger charge is -2.21. The van der Waals surface area contributed by atoms with E-state index in [0.29, 0.717) is 0 Å². The maximum absolute atomic E-state index is 4.53. The molecule has 1 N–H and O–H groups in total. The van der Waals surface area contributed by atoms with Gasteiger partial charge in [0.1, 0.15) is 0 Å². The van der Waals surface area contributed by atoms with E-state index in [9.17, 15) is 0 Å². The van der Waals surface area contributed by atoms with E-state index in [1.807, 2.05) is 17.2 Å². The highest BCUT2D eigenvalue weighted by Gasteiger charge is 2.25. The summed E-state index contributed by atoms with van der Waals surface area (Å²) in [4.78, 5) is 5.86. The lowest BCUT2D eigenvalue weighted by molar-refractivity contribution is 0.542. The lowest BCUT2D eigenvalue weighted by Crippen LogP contribution is -2.30. The molecule has 0 aliphatic carbocycles. The van der Waals surface area contributed by atoms with Crippen molar-refractivity contribution in [2.24, 2.45) is 7.05 Å². The number of aryl methyl sites for hydroxylation is 2. The molecule has 3 heterocycles. The minimum atomic E-state index is 0.176. The highest BCUT2D eigenvalue weighted by atomic mass is 32.1. The number of hydrogen-bond donors (Lipinski definition) is 1. The van der Waals surface area contributed by atoms with Gasteiger partial charge in [0.05, 0.1) is 22.9 Å². The minimum absolute atomic E-state index is 0.176. The van der Waals surface area contributed by atoms with E-state index in [1.54, 1.807) is 11.3 Å². The van der Waals surface area contributed by atoms with Crippen molar-refractivity contribution in [3.63, 3.8) is 0 Å². The molecule has 2 aromatic rings. The van der Waals surface area contributed by atoms with Gasteiger partial charge in [0, 0.05) is 24.2 Å². The van der Waals surface area contributed by atoms with Gasteiger partial charge >= 0.3 is 0 Å². The summed E-state index contributed by atoms with van der Waals surface area (Å²) in [5.41, 5.74) is 5.35. The summed E-state index contributed by atoms with van der Waals surface area (Å²) >= 11 is 1.75. The number of nitrogens with one attached hydrogen (secondary N) is 1. The van der Waals surface area contributed by atoms with E-state index in [1.165, 1.54) is 10.6 Å². The number of fused-ring (bicyclic) bond motifs is 1. The van der Waals surface area contributed by atoms with Crippen LogP contribution in [0.5, 0.6) is 0 Å². The third-order valence-corrected chi connectivity index (χ3v) is 3.98. The topological polar surface area (TPSA) is 42.7 Å². The van der Waals surface area contributed by atoms with Gasteiger partial charge in [0.25, 0.3) is 0 Å². The van der Waals surface area contributed by atoms with Crippen LogP contribution >= 0.6 is 11.3 Å². The van der Waals surface area contributed by atoms with E-state index < -0.39 is 0 Å². The lowest BCUT2D eigenvalue weighted by atomic mass is 10.0. The Kier molecular flexibility index (Phi) is 2.29. The first-order valence-electron chi connectivity index (χ1n) is 5.42. The molecule has 0 radical (unpaired) electrons. The molecule has 1 atom stereocenters. The van der Waals surface area contributed by atoms with Crippen LogP contribution < -0.4 is 5.32 Å².